The van der Waals surface area contributed by atoms with Gasteiger partial charge in [0.1, 0.15) is 17.2 Å². The van der Waals surface area contributed by atoms with Gasteiger partial charge in [-0.05, 0) is 42.5 Å². The van der Waals surface area contributed by atoms with Crippen LogP contribution in [0.3, 0.4) is 0 Å². The summed E-state index contributed by atoms with van der Waals surface area (Å²) in [6.07, 6.45) is 0. The van der Waals surface area contributed by atoms with E-state index in [2.05, 4.69) is 44.5 Å². The number of hydrogen-bond acceptors (Lipinski definition) is 4. The van der Waals surface area contributed by atoms with Gasteiger partial charge in [-0.25, -0.2) is 4.98 Å². The SMILES string of the molecule is c1ccc2[nH]c(-c3noc4ccc(-c5n[nH]c6ccccc56)c(-c5nc6ccccc6[nH]5)c34)cc2c1. The fraction of sp³-hybridized carbons (Fsp3) is 0. The smallest absolute Gasteiger partial charge is 0.168 e. The lowest BCUT2D eigenvalue weighted by Crippen LogP contribution is -1.91. The number of hydrogen-bond donors (Lipinski definition) is 3. The summed E-state index contributed by atoms with van der Waals surface area (Å²) in [4.78, 5) is 12.0. The minimum atomic E-state index is 0.683. The van der Waals surface area contributed by atoms with Crippen molar-refractivity contribution < 1.29 is 4.52 Å². The maximum atomic E-state index is 5.86. The lowest BCUT2D eigenvalue weighted by molar-refractivity contribution is 0.459. The average molecular weight is 467 g/mol. The van der Waals surface area contributed by atoms with Crippen LogP contribution in [0, 0.1) is 0 Å². The first-order valence-corrected chi connectivity index (χ1v) is 11.7. The Bertz CT molecular complexity index is 2010. The van der Waals surface area contributed by atoms with Crippen molar-refractivity contribution in [2.45, 2.75) is 0 Å². The fourth-order valence-corrected chi connectivity index (χ4v) is 5.10. The van der Waals surface area contributed by atoms with Gasteiger partial charge in [-0.1, -0.05) is 53.7 Å². The van der Waals surface area contributed by atoms with Crippen LogP contribution in [0.25, 0.3) is 77.8 Å². The third-order valence-electron chi connectivity index (χ3n) is 6.78. The average Bonchev–Trinajstić information content (AvgIpc) is 3.70. The van der Waals surface area contributed by atoms with Gasteiger partial charge in [0.25, 0.3) is 0 Å². The minimum Gasteiger partial charge on any atom is -0.356 e. The summed E-state index contributed by atoms with van der Waals surface area (Å²) in [6, 6.07) is 30.4. The maximum absolute atomic E-state index is 5.86. The van der Waals surface area contributed by atoms with Crippen LogP contribution in [0.1, 0.15) is 0 Å². The van der Waals surface area contributed by atoms with Crippen LogP contribution in [0.5, 0.6) is 0 Å². The van der Waals surface area contributed by atoms with Crippen molar-refractivity contribution in [3.63, 3.8) is 0 Å². The highest BCUT2D eigenvalue weighted by atomic mass is 16.5. The van der Waals surface area contributed by atoms with Crippen molar-refractivity contribution in [1.29, 1.82) is 0 Å². The zero-order chi connectivity index (χ0) is 23.6. The summed E-state index contributed by atoms with van der Waals surface area (Å²) < 4.78 is 5.86. The van der Waals surface area contributed by atoms with E-state index < -0.39 is 0 Å². The molecule has 0 bridgehead atoms. The molecular formula is C29H18N6O. The van der Waals surface area contributed by atoms with Gasteiger partial charge >= 0.3 is 0 Å². The van der Waals surface area contributed by atoms with E-state index in [0.717, 1.165) is 72.3 Å². The number of nitrogens with one attached hydrogen (secondary N) is 3. The molecule has 0 saturated carbocycles. The van der Waals surface area contributed by atoms with Crippen LogP contribution in [0.15, 0.2) is 95.5 Å². The topological polar surface area (TPSA) is 99.2 Å². The summed E-state index contributed by atoms with van der Waals surface area (Å²) in [5.41, 5.74) is 8.88. The van der Waals surface area contributed by atoms with Crippen LogP contribution in [0.2, 0.25) is 0 Å². The van der Waals surface area contributed by atoms with E-state index in [-0.39, 0.29) is 0 Å². The maximum Gasteiger partial charge on any atom is 0.168 e. The molecule has 0 saturated heterocycles. The standard InChI is InChI=1S/C29H18N6O/c1-3-9-19-16(7-1)15-23(30-19)28-26-24(36-35-28)14-13-18(27-17-8-2-4-10-20(17)33-34-27)25(26)29-31-21-11-5-6-12-22(21)32-29/h1-15,30H,(H,31,32)(H,33,34). The van der Waals surface area contributed by atoms with E-state index in [9.17, 15) is 0 Å². The quantitative estimate of drug-likeness (QED) is 0.259. The predicted molar refractivity (Wildman–Crippen MR) is 141 cm³/mol. The van der Waals surface area contributed by atoms with Gasteiger partial charge in [-0.3, -0.25) is 5.10 Å². The largest absolute Gasteiger partial charge is 0.356 e. The molecule has 0 amide bonds. The molecule has 4 heterocycles. The molecule has 0 radical (unpaired) electrons. The Hall–Kier alpha value is -5.17. The molecule has 0 atom stereocenters. The zero-order valence-electron chi connectivity index (χ0n) is 18.9. The Labute approximate surface area is 203 Å². The molecule has 7 nitrogen and oxygen atoms in total. The van der Waals surface area contributed by atoms with Crippen molar-refractivity contribution in [2.24, 2.45) is 0 Å². The van der Waals surface area contributed by atoms with E-state index in [1.54, 1.807) is 0 Å². The second kappa shape index (κ2) is 7.16. The zero-order valence-corrected chi connectivity index (χ0v) is 18.9. The van der Waals surface area contributed by atoms with Gasteiger partial charge in [0.2, 0.25) is 0 Å². The second-order valence-electron chi connectivity index (χ2n) is 8.88. The Kier molecular flexibility index (Phi) is 3.81. The summed E-state index contributed by atoms with van der Waals surface area (Å²) >= 11 is 0. The van der Waals surface area contributed by atoms with Gasteiger partial charge < -0.3 is 14.5 Å². The van der Waals surface area contributed by atoms with Crippen molar-refractivity contribution in [3.8, 4) is 34.0 Å². The molecule has 4 aromatic carbocycles. The van der Waals surface area contributed by atoms with E-state index in [0.29, 0.717) is 5.58 Å². The van der Waals surface area contributed by atoms with Crippen LogP contribution in [0.4, 0.5) is 0 Å². The van der Waals surface area contributed by atoms with E-state index in [1.807, 2.05) is 66.7 Å². The van der Waals surface area contributed by atoms with Gasteiger partial charge in [0.15, 0.2) is 5.58 Å². The fourth-order valence-electron chi connectivity index (χ4n) is 5.10. The first-order valence-electron chi connectivity index (χ1n) is 11.7. The molecule has 0 aliphatic carbocycles. The van der Waals surface area contributed by atoms with Crippen molar-refractivity contribution in [1.82, 2.24) is 30.3 Å². The number of aromatic amines is 3. The number of para-hydroxylation sites is 4. The molecule has 8 aromatic rings. The Morgan fingerprint density at radius 3 is 2.39 bits per heavy atom. The number of benzene rings is 4. The Balaban J connectivity index is 1.49. The highest BCUT2D eigenvalue weighted by Crippen LogP contribution is 2.43. The molecule has 8 rings (SSSR count). The molecule has 170 valence electrons. The number of nitrogens with zero attached hydrogens (tertiary/aromatic N) is 3. The molecule has 0 unspecified atom stereocenters. The predicted octanol–water partition coefficient (Wildman–Crippen LogP) is 7.06. The molecule has 0 fully saturated rings. The molecule has 7 heteroatoms. The molecule has 0 aliphatic heterocycles. The third kappa shape index (κ3) is 2.71. The van der Waals surface area contributed by atoms with Gasteiger partial charge in [0, 0.05) is 27.4 Å². The van der Waals surface area contributed by atoms with E-state index in [1.165, 1.54) is 0 Å². The van der Waals surface area contributed by atoms with Gasteiger partial charge in [-0.2, -0.15) is 5.10 Å². The van der Waals surface area contributed by atoms with Crippen LogP contribution in [-0.4, -0.2) is 30.3 Å². The summed E-state index contributed by atoms with van der Waals surface area (Å²) in [6.45, 7) is 0. The van der Waals surface area contributed by atoms with Crippen LogP contribution >= 0.6 is 0 Å². The molecule has 4 aromatic heterocycles. The van der Waals surface area contributed by atoms with Gasteiger partial charge in [-0.15, -0.1) is 0 Å². The van der Waals surface area contributed by atoms with Crippen LogP contribution < -0.4 is 0 Å². The van der Waals surface area contributed by atoms with E-state index >= 15 is 0 Å². The Morgan fingerprint density at radius 1 is 0.694 bits per heavy atom. The number of H-pyrrole nitrogens is 3. The van der Waals surface area contributed by atoms with Crippen molar-refractivity contribution in [2.75, 3.05) is 0 Å². The lowest BCUT2D eigenvalue weighted by atomic mass is 9.96. The first kappa shape index (κ1) is 19.2. The molecular weight excluding hydrogens is 448 g/mol. The number of rotatable bonds is 3. The molecule has 3 N–H and O–H groups in total. The lowest BCUT2D eigenvalue weighted by Gasteiger charge is -2.08. The van der Waals surface area contributed by atoms with Crippen molar-refractivity contribution >= 4 is 43.8 Å². The summed E-state index contributed by atoms with van der Waals surface area (Å²) in [5.74, 6) is 0.740. The number of fused-ring (bicyclic) bond motifs is 4. The molecule has 36 heavy (non-hydrogen) atoms. The van der Waals surface area contributed by atoms with Gasteiger partial charge in [0.05, 0.1) is 27.6 Å². The second-order valence-corrected chi connectivity index (χ2v) is 8.88. The third-order valence-corrected chi connectivity index (χ3v) is 6.78. The molecule has 0 spiro atoms. The monoisotopic (exact) mass is 466 g/mol. The summed E-state index contributed by atoms with van der Waals surface area (Å²) in [5, 5.41) is 15.4. The van der Waals surface area contributed by atoms with E-state index in [4.69, 9.17) is 14.6 Å². The number of aromatic nitrogens is 6. The molecule has 0 aliphatic rings. The first-order chi connectivity index (χ1) is 17.8. The Morgan fingerprint density at radius 2 is 1.50 bits per heavy atom. The highest BCUT2D eigenvalue weighted by Gasteiger charge is 2.24. The summed E-state index contributed by atoms with van der Waals surface area (Å²) in [7, 11) is 0. The minimum absolute atomic E-state index is 0.683. The normalized spacial score (nSPS) is 11.9. The number of imidazole rings is 1. The van der Waals surface area contributed by atoms with Crippen molar-refractivity contribution in [3.05, 3.63) is 91.0 Å². The van der Waals surface area contributed by atoms with Crippen LogP contribution in [-0.2, 0) is 0 Å². The highest BCUT2D eigenvalue weighted by molar-refractivity contribution is 6.10.